The van der Waals surface area contributed by atoms with Gasteiger partial charge in [0.1, 0.15) is 17.9 Å². The minimum atomic E-state index is -0.759. The average molecular weight is 506 g/mol. The number of carbonyl (C=O) groups is 2. The highest BCUT2D eigenvalue weighted by molar-refractivity contribution is 5.90. The first-order valence-electron chi connectivity index (χ1n) is 12.9. The Morgan fingerprint density at radius 2 is 2.03 bits per heavy atom. The van der Waals surface area contributed by atoms with Crippen LogP contribution in [0.4, 0.5) is 0 Å². The van der Waals surface area contributed by atoms with Crippen molar-refractivity contribution in [2.75, 3.05) is 6.54 Å². The van der Waals surface area contributed by atoms with E-state index in [0.717, 1.165) is 35.5 Å². The topological polar surface area (TPSA) is 118 Å². The second-order valence-corrected chi connectivity index (χ2v) is 11.3. The van der Waals surface area contributed by atoms with E-state index in [1.54, 1.807) is 10.9 Å². The maximum Gasteiger partial charge on any atom is 0.248 e. The van der Waals surface area contributed by atoms with E-state index < -0.39 is 23.6 Å². The third kappa shape index (κ3) is 5.29. The molecule has 1 saturated heterocycles. The number of aromatic nitrogens is 5. The van der Waals surface area contributed by atoms with Gasteiger partial charge < -0.3 is 19.9 Å². The summed E-state index contributed by atoms with van der Waals surface area (Å²) in [6.45, 7) is 6.35. The maximum atomic E-state index is 13.9. The second-order valence-electron chi connectivity index (χ2n) is 11.3. The van der Waals surface area contributed by atoms with Gasteiger partial charge in [-0.1, -0.05) is 44.2 Å². The number of amides is 2. The third-order valence-electron chi connectivity index (χ3n) is 7.18. The highest BCUT2D eigenvalue weighted by atomic mass is 16.3. The molecule has 1 aromatic carbocycles. The van der Waals surface area contributed by atoms with Gasteiger partial charge in [-0.15, -0.1) is 5.10 Å². The van der Waals surface area contributed by atoms with Crippen molar-refractivity contribution in [3.8, 4) is 11.4 Å². The quantitative estimate of drug-likeness (QED) is 0.509. The number of benzene rings is 1. The van der Waals surface area contributed by atoms with Gasteiger partial charge in [0.15, 0.2) is 0 Å². The molecule has 5 rings (SSSR count). The Hall–Kier alpha value is -3.53. The van der Waals surface area contributed by atoms with Crippen LogP contribution in [-0.2, 0) is 23.2 Å². The SMILES string of the molecule is Cn1ccnc1-c1cccc(CNC(=O)[C@@H]2C[C@@H](O)CN2C(=O)[C@@H](n2cc(C3CC3)nn2)C(C)(C)C)c1. The number of aryl methyl sites for hydroxylation is 1. The Bertz CT molecular complexity index is 1290. The summed E-state index contributed by atoms with van der Waals surface area (Å²) < 4.78 is 3.58. The smallest absolute Gasteiger partial charge is 0.248 e. The fourth-order valence-electron chi connectivity index (χ4n) is 5.10. The number of likely N-dealkylation sites (tertiary alicyclic amines) is 1. The molecule has 0 unspecified atom stereocenters. The number of imidazole rings is 1. The number of hydrogen-bond acceptors (Lipinski definition) is 6. The molecule has 37 heavy (non-hydrogen) atoms. The van der Waals surface area contributed by atoms with Gasteiger partial charge in [0.05, 0.1) is 11.8 Å². The van der Waals surface area contributed by atoms with Gasteiger partial charge >= 0.3 is 0 Å². The predicted octanol–water partition coefficient (Wildman–Crippen LogP) is 2.42. The molecule has 2 amide bonds. The lowest BCUT2D eigenvalue weighted by atomic mass is 9.85. The lowest BCUT2D eigenvalue weighted by Crippen LogP contribution is -2.50. The third-order valence-corrected chi connectivity index (χ3v) is 7.18. The van der Waals surface area contributed by atoms with E-state index in [1.165, 1.54) is 4.90 Å². The van der Waals surface area contributed by atoms with Crippen LogP contribution in [0.25, 0.3) is 11.4 Å². The summed E-state index contributed by atoms with van der Waals surface area (Å²) in [4.78, 5) is 33.1. The lowest BCUT2D eigenvalue weighted by molar-refractivity contribution is -0.144. The Kier molecular flexibility index (Phi) is 6.61. The molecule has 3 heterocycles. The molecular weight excluding hydrogens is 470 g/mol. The summed E-state index contributed by atoms with van der Waals surface area (Å²) >= 11 is 0. The molecular formula is C27H35N7O3. The summed E-state index contributed by atoms with van der Waals surface area (Å²) in [7, 11) is 1.94. The molecule has 3 aromatic rings. The van der Waals surface area contributed by atoms with Crippen molar-refractivity contribution in [3.05, 3.63) is 54.1 Å². The first-order valence-corrected chi connectivity index (χ1v) is 12.9. The van der Waals surface area contributed by atoms with Crippen LogP contribution in [0.2, 0.25) is 0 Å². The number of carbonyl (C=O) groups excluding carboxylic acids is 2. The fourth-order valence-corrected chi connectivity index (χ4v) is 5.10. The average Bonchev–Trinajstić information content (AvgIpc) is 3.22. The number of aliphatic hydroxyl groups excluding tert-OH is 1. The summed E-state index contributed by atoms with van der Waals surface area (Å²) in [5.41, 5.74) is 2.32. The molecule has 196 valence electrons. The van der Waals surface area contributed by atoms with Crippen LogP contribution in [0.3, 0.4) is 0 Å². The Morgan fingerprint density at radius 3 is 2.70 bits per heavy atom. The number of β-amino-alcohol motifs (C(OH)–C–C–N with tert-alkyl or cyclic N) is 1. The molecule has 2 fully saturated rings. The Morgan fingerprint density at radius 1 is 1.24 bits per heavy atom. The summed E-state index contributed by atoms with van der Waals surface area (Å²) in [6.07, 6.45) is 7.13. The molecule has 10 heteroatoms. The minimum absolute atomic E-state index is 0.113. The normalized spacial score (nSPS) is 20.7. The second kappa shape index (κ2) is 9.74. The van der Waals surface area contributed by atoms with Crippen LogP contribution in [0.15, 0.2) is 42.9 Å². The summed E-state index contributed by atoms with van der Waals surface area (Å²) in [6, 6.07) is 6.46. The van der Waals surface area contributed by atoms with Crippen LogP contribution >= 0.6 is 0 Å². The number of hydrogen-bond donors (Lipinski definition) is 2. The van der Waals surface area contributed by atoms with Crippen LogP contribution in [0, 0.1) is 5.41 Å². The van der Waals surface area contributed by atoms with Gasteiger partial charge in [-0.25, -0.2) is 9.67 Å². The largest absolute Gasteiger partial charge is 0.391 e. The van der Waals surface area contributed by atoms with E-state index >= 15 is 0 Å². The van der Waals surface area contributed by atoms with Crippen molar-refractivity contribution >= 4 is 11.8 Å². The first-order chi connectivity index (χ1) is 17.6. The highest BCUT2D eigenvalue weighted by Crippen LogP contribution is 2.40. The molecule has 2 N–H and O–H groups in total. The molecule has 0 spiro atoms. The Balaban J connectivity index is 1.31. The van der Waals surface area contributed by atoms with Crippen LogP contribution in [-0.4, -0.2) is 65.1 Å². The number of nitrogens with zero attached hydrogens (tertiary/aromatic N) is 6. The van der Waals surface area contributed by atoms with E-state index in [0.29, 0.717) is 12.5 Å². The molecule has 2 aromatic heterocycles. The van der Waals surface area contributed by atoms with E-state index in [9.17, 15) is 14.7 Å². The van der Waals surface area contributed by atoms with Crippen molar-refractivity contribution in [2.45, 2.75) is 70.7 Å². The molecule has 3 atom stereocenters. The Labute approximate surface area is 216 Å². The van der Waals surface area contributed by atoms with Crippen molar-refractivity contribution in [3.63, 3.8) is 0 Å². The number of rotatable bonds is 7. The van der Waals surface area contributed by atoms with Gasteiger partial charge in [-0.2, -0.15) is 0 Å². The van der Waals surface area contributed by atoms with E-state index in [-0.39, 0.29) is 24.8 Å². The van der Waals surface area contributed by atoms with E-state index in [4.69, 9.17) is 0 Å². The van der Waals surface area contributed by atoms with E-state index in [2.05, 4.69) is 20.6 Å². The minimum Gasteiger partial charge on any atom is -0.391 e. The van der Waals surface area contributed by atoms with Crippen LogP contribution < -0.4 is 5.32 Å². The highest BCUT2D eigenvalue weighted by Gasteiger charge is 2.45. The summed E-state index contributed by atoms with van der Waals surface area (Å²) in [5, 5.41) is 22.0. The molecule has 10 nitrogen and oxygen atoms in total. The zero-order chi connectivity index (χ0) is 26.3. The molecule has 0 bridgehead atoms. The number of nitrogens with one attached hydrogen (secondary N) is 1. The zero-order valence-electron chi connectivity index (χ0n) is 21.8. The van der Waals surface area contributed by atoms with Crippen molar-refractivity contribution in [1.82, 2.24) is 34.8 Å². The van der Waals surface area contributed by atoms with Crippen molar-refractivity contribution < 1.29 is 14.7 Å². The van der Waals surface area contributed by atoms with Gasteiger partial charge in [0, 0.05) is 56.6 Å². The summed E-state index contributed by atoms with van der Waals surface area (Å²) in [5.74, 6) is 0.757. The molecule has 1 aliphatic carbocycles. The standard InChI is InChI=1S/C27H35N7O3/c1-27(2,3)23(34-16-21(30-31-34)18-8-9-18)26(37)33-15-20(35)13-22(33)25(36)29-14-17-6-5-7-19(12-17)24-28-10-11-32(24)4/h5-7,10-12,16,18,20,22-23,35H,8-9,13-15H2,1-4H3,(H,29,36)/t20-,22+,23-/m1/s1. The molecule has 1 aliphatic heterocycles. The van der Waals surface area contributed by atoms with Crippen molar-refractivity contribution in [2.24, 2.45) is 12.5 Å². The van der Waals surface area contributed by atoms with Crippen molar-refractivity contribution in [1.29, 1.82) is 0 Å². The van der Waals surface area contributed by atoms with E-state index in [1.807, 2.05) is 69.0 Å². The zero-order valence-corrected chi connectivity index (χ0v) is 21.8. The van der Waals surface area contributed by atoms with Gasteiger partial charge in [-0.3, -0.25) is 9.59 Å². The van der Waals surface area contributed by atoms with Crippen LogP contribution in [0.5, 0.6) is 0 Å². The molecule has 2 aliphatic rings. The van der Waals surface area contributed by atoms with Gasteiger partial charge in [0.25, 0.3) is 0 Å². The van der Waals surface area contributed by atoms with Gasteiger partial charge in [-0.05, 0) is 29.9 Å². The lowest BCUT2D eigenvalue weighted by Gasteiger charge is -2.34. The fraction of sp³-hybridized carbons (Fsp3) is 0.519. The predicted molar refractivity (Wildman–Crippen MR) is 137 cm³/mol. The first kappa shape index (κ1) is 25.1. The molecule has 0 radical (unpaired) electrons. The van der Waals surface area contributed by atoms with Crippen LogP contribution in [0.1, 0.15) is 63.3 Å². The van der Waals surface area contributed by atoms with Gasteiger partial charge in [0.2, 0.25) is 11.8 Å². The monoisotopic (exact) mass is 505 g/mol. The molecule has 1 saturated carbocycles. The number of aliphatic hydroxyl groups is 1. The maximum absolute atomic E-state index is 13.9.